The molecular formula is C15H18N6O2. The average Bonchev–Trinajstić information content (AvgIpc) is 2.98. The summed E-state index contributed by atoms with van der Waals surface area (Å²) in [6.45, 7) is 1.95. The Bertz CT molecular complexity index is 983. The maximum absolute atomic E-state index is 12.6. The number of rotatable bonds is 3. The van der Waals surface area contributed by atoms with Gasteiger partial charge in [0.15, 0.2) is 11.2 Å². The minimum atomic E-state index is -0.428. The highest BCUT2D eigenvalue weighted by Gasteiger charge is 2.22. The van der Waals surface area contributed by atoms with Gasteiger partial charge in [-0.25, -0.2) is 10.6 Å². The van der Waals surface area contributed by atoms with Crippen LogP contribution in [0.25, 0.3) is 11.2 Å². The van der Waals surface area contributed by atoms with E-state index >= 15 is 0 Å². The molecule has 2 heterocycles. The Morgan fingerprint density at radius 1 is 1.13 bits per heavy atom. The van der Waals surface area contributed by atoms with Crippen LogP contribution in [0, 0.1) is 0 Å². The van der Waals surface area contributed by atoms with Crippen LogP contribution in [0.15, 0.2) is 39.9 Å². The van der Waals surface area contributed by atoms with Gasteiger partial charge in [-0.05, 0) is 12.5 Å². The van der Waals surface area contributed by atoms with Crippen LogP contribution in [0.1, 0.15) is 18.5 Å². The first kappa shape index (κ1) is 15.0. The van der Waals surface area contributed by atoms with Gasteiger partial charge in [0.25, 0.3) is 5.56 Å². The summed E-state index contributed by atoms with van der Waals surface area (Å²) in [6.07, 6.45) is 0. The maximum Gasteiger partial charge on any atom is 0.332 e. The Labute approximate surface area is 131 Å². The second-order valence-corrected chi connectivity index (χ2v) is 5.41. The summed E-state index contributed by atoms with van der Waals surface area (Å²) in [5.41, 5.74) is 3.32. The molecule has 0 aliphatic heterocycles. The van der Waals surface area contributed by atoms with E-state index in [0.717, 1.165) is 10.1 Å². The Morgan fingerprint density at radius 2 is 1.78 bits per heavy atom. The molecule has 0 spiro atoms. The molecule has 2 aromatic heterocycles. The quantitative estimate of drug-likeness (QED) is 0.536. The smallest absolute Gasteiger partial charge is 0.296 e. The summed E-state index contributed by atoms with van der Waals surface area (Å²) in [5.74, 6) is 5.91. The number of aromatic nitrogens is 4. The fourth-order valence-electron chi connectivity index (χ4n) is 2.77. The van der Waals surface area contributed by atoms with Crippen LogP contribution in [-0.2, 0) is 14.1 Å². The van der Waals surface area contributed by atoms with Crippen molar-refractivity contribution < 1.29 is 0 Å². The number of nitrogens with two attached hydrogens (primary N) is 1. The Kier molecular flexibility index (Phi) is 3.53. The molecule has 3 rings (SSSR count). The summed E-state index contributed by atoms with van der Waals surface area (Å²) < 4.78 is 4.12. The molecule has 0 saturated heterocycles. The SMILES string of the molecule is C[C@H](c1ccccc1)n1c(NN)nc2c1c(=O)n(C)c(=O)n2C. The molecule has 3 aromatic rings. The summed E-state index contributed by atoms with van der Waals surface area (Å²) in [5, 5.41) is 0. The van der Waals surface area contributed by atoms with Crippen LogP contribution in [0.4, 0.5) is 5.95 Å². The number of nitrogens with one attached hydrogen (secondary N) is 1. The highest BCUT2D eigenvalue weighted by molar-refractivity contribution is 5.74. The van der Waals surface area contributed by atoms with Crippen LogP contribution >= 0.6 is 0 Å². The number of hydrogen-bond acceptors (Lipinski definition) is 5. The lowest BCUT2D eigenvalue weighted by atomic mass is 10.1. The third-order valence-corrected chi connectivity index (χ3v) is 4.09. The van der Waals surface area contributed by atoms with Crippen molar-refractivity contribution in [2.45, 2.75) is 13.0 Å². The second kappa shape index (κ2) is 5.40. The highest BCUT2D eigenvalue weighted by Crippen LogP contribution is 2.25. The Balaban J connectivity index is 2.41. The number of imidazole rings is 1. The van der Waals surface area contributed by atoms with E-state index in [4.69, 9.17) is 5.84 Å². The lowest BCUT2D eigenvalue weighted by Crippen LogP contribution is -2.37. The lowest BCUT2D eigenvalue weighted by molar-refractivity contribution is 0.650. The molecular weight excluding hydrogens is 296 g/mol. The van der Waals surface area contributed by atoms with Crippen LogP contribution in [0.5, 0.6) is 0 Å². The van der Waals surface area contributed by atoms with Crippen molar-refractivity contribution in [3.8, 4) is 0 Å². The number of hydrazine groups is 1. The van der Waals surface area contributed by atoms with Crippen LogP contribution in [-0.4, -0.2) is 18.7 Å². The van der Waals surface area contributed by atoms with E-state index in [2.05, 4.69) is 10.4 Å². The van der Waals surface area contributed by atoms with Crippen molar-refractivity contribution >= 4 is 17.1 Å². The largest absolute Gasteiger partial charge is 0.332 e. The van der Waals surface area contributed by atoms with Crippen molar-refractivity contribution in [2.24, 2.45) is 19.9 Å². The van der Waals surface area contributed by atoms with E-state index in [-0.39, 0.29) is 6.04 Å². The van der Waals surface area contributed by atoms with Crippen molar-refractivity contribution in [1.29, 1.82) is 0 Å². The van der Waals surface area contributed by atoms with Crippen LogP contribution in [0.3, 0.4) is 0 Å². The third-order valence-electron chi connectivity index (χ3n) is 4.09. The van der Waals surface area contributed by atoms with Gasteiger partial charge in [0.05, 0.1) is 6.04 Å². The molecule has 0 aliphatic rings. The number of nitrogens with zero attached hydrogens (tertiary/aromatic N) is 4. The van der Waals surface area contributed by atoms with Crippen molar-refractivity contribution in [1.82, 2.24) is 18.7 Å². The van der Waals surface area contributed by atoms with Crippen molar-refractivity contribution in [3.63, 3.8) is 0 Å². The van der Waals surface area contributed by atoms with E-state index < -0.39 is 11.2 Å². The molecule has 120 valence electrons. The van der Waals surface area contributed by atoms with Crippen LogP contribution < -0.4 is 22.5 Å². The third kappa shape index (κ3) is 2.15. The van der Waals surface area contributed by atoms with E-state index in [1.807, 2.05) is 37.3 Å². The van der Waals surface area contributed by atoms with Gasteiger partial charge in [-0.3, -0.25) is 23.9 Å². The average molecular weight is 314 g/mol. The van der Waals surface area contributed by atoms with E-state index in [0.29, 0.717) is 17.1 Å². The molecule has 0 aliphatic carbocycles. The topological polar surface area (TPSA) is 99.9 Å². The Morgan fingerprint density at radius 3 is 2.39 bits per heavy atom. The summed E-state index contributed by atoms with van der Waals surface area (Å²) in [7, 11) is 3.03. The standard InChI is InChI=1S/C15H18N6O2/c1-9(10-7-5-4-6-8-10)21-11-12(17-14(21)18-16)19(2)15(23)20(3)13(11)22/h4-9H,16H2,1-3H3,(H,17,18)/t9-/m1/s1. The van der Waals surface area contributed by atoms with E-state index in [9.17, 15) is 9.59 Å². The molecule has 0 amide bonds. The van der Waals surface area contributed by atoms with Crippen molar-refractivity contribution in [2.75, 3.05) is 5.43 Å². The zero-order valence-electron chi connectivity index (χ0n) is 13.1. The van der Waals surface area contributed by atoms with Gasteiger partial charge in [0.2, 0.25) is 5.95 Å². The molecule has 0 fully saturated rings. The predicted molar refractivity (Wildman–Crippen MR) is 88.3 cm³/mol. The molecule has 3 N–H and O–H groups in total. The molecule has 0 unspecified atom stereocenters. The summed E-state index contributed by atoms with van der Waals surface area (Å²) >= 11 is 0. The predicted octanol–water partition coefficient (Wildman–Crippen LogP) is 0.329. The number of hydrogen-bond donors (Lipinski definition) is 2. The minimum Gasteiger partial charge on any atom is -0.296 e. The van der Waals surface area contributed by atoms with E-state index in [1.54, 1.807) is 11.6 Å². The zero-order valence-corrected chi connectivity index (χ0v) is 13.1. The summed E-state index contributed by atoms with van der Waals surface area (Å²) in [6, 6.07) is 9.51. The van der Waals surface area contributed by atoms with Gasteiger partial charge in [-0.1, -0.05) is 30.3 Å². The fraction of sp³-hybridized carbons (Fsp3) is 0.267. The molecule has 0 saturated carbocycles. The van der Waals surface area contributed by atoms with E-state index in [1.165, 1.54) is 11.6 Å². The number of benzene rings is 1. The second-order valence-electron chi connectivity index (χ2n) is 5.41. The summed E-state index contributed by atoms with van der Waals surface area (Å²) in [4.78, 5) is 29.0. The van der Waals surface area contributed by atoms with Gasteiger partial charge in [-0.15, -0.1) is 0 Å². The monoisotopic (exact) mass is 314 g/mol. The number of aryl methyl sites for hydroxylation is 1. The van der Waals surface area contributed by atoms with Gasteiger partial charge in [-0.2, -0.15) is 4.98 Å². The molecule has 8 nitrogen and oxygen atoms in total. The minimum absolute atomic E-state index is 0.183. The molecule has 1 atom stereocenters. The zero-order chi connectivity index (χ0) is 16.7. The molecule has 0 radical (unpaired) electrons. The first-order valence-electron chi connectivity index (χ1n) is 7.17. The normalized spacial score (nSPS) is 12.5. The highest BCUT2D eigenvalue weighted by atomic mass is 16.2. The van der Waals surface area contributed by atoms with Crippen LogP contribution in [0.2, 0.25) is 0 Å². The van der Waals surface area contributed by atoms with Crippen molar-refractivity contribution in [3.05, 3.63) is 56.7 Å². The number of nitrogen functional groups attached to an aromatic ring is 1. The van der Waals surface area contributed by atoms with Gasteiger partial charge in [0.1, 0.15) is 0 Å². The van der Waals surface area contributed by atoms with Gasteiger partial charge >= 0.3 is 5.69 Å². The molecule has 1 aromatic carbocycles. The molecule has 23 heavy (non-hydrogen) atoms. The maximum atomic E-state index is 12.6. The first-order chi connectivity index (χ1) is 11.0. The molecule has 8 heteroatoms. The number of anilines is 1. The Hall–Kier alpha value is -2.87. The number of fused-ring (bicyclic) bond motifs is 1. The first-order valence-corrected chi connectivity index (χ1v) is 7.17. The fourth-order valence-corrected chi connectivity index (χ4v) is 2.77. The van der Waals surface area contributed by atoms with Gasteiger partial charge in [0, 0.05) is 14.1 Å². The van der Waals surface area contributed by atoms with Gasteiger partial charge < -0.3 is 0 Å². The lowest BCUT2D eigenvalue weighted by Gasteiger charge is -2.17. The molecule has 0 bridgehead atoms.